The highest BCUT2D eigenvalue weighted by Gasteiger charge is 2.23. The van der Waals surface area contributed by atoms with E-state index >= 15 is 0 Å². The minimum absolute atomic E-state index is 0.574. The number of nitrogens with two attached hydrogens (primary N) is 1. The molecule has 5 nitrogen and oxygen atoms in total. The fraction of sp³-hybridized carbons (Fsp3) is 0.720. The Labute approximate surface area is 183 Å². The number of nitrogens with zero attached hydrogens (tertiary/aromatic N) is 2. The second-order valence-corrected chi connectivity index (χ2v) is 8.89. The molecule has 1 saturated heterocycles. The number of piperidine rings is 1. The van der Waals surface area contributed by atoms with Gasteiger partial charge in [0.15, 0.2) is 5.96 Å². The molecule has 5 heteroatoms. The number of guanidine groups is 1. The Morgan fingerprint density at radius 3 is 2.60 bits per heavy atom. The van der Waals surface area contributed by atoms with Crippen LogP contribution in [0, 0.1) is 5.92 Å². The molecule has 30 heavy (non-hydrogen) atoms. The second-order valence-electron chi connectivity index (χ2n) is 8.89. The van der Waals surface area contributed by atoms with Gasteiger partial charge in [0, 0.05) is 19.1 Å². The molecule has 1 heterocycles. The van der Waals surface area contributed by atoms with Crippen LogP contribution in [0.3, 0.4) is 0 Å². The number of nitrogens with one attached hydrogen (secondary N) is 1. The molecule has 1 atom stereocenters. The lowest BCUT2D eigenvalue weighted by Gasteiger charge is -2.37. The lowest BCUT2D eigenvalue weighted by molar-refractivity contribution is 0.229. The predicted molar refractivity (Wildman–Crippen MR) is 127 cm³/mol. The molecule has 0 amide bonds. The van der Waals surface area contributed by atoms with Crippen molar-refractivity contribution in [3.63, 3.8) is 0 Å². The van der Waals surface area contributed by atoms with Crippen LogP contribution in [-0.4, -0.2) is 43.1 Å². The summed E-state index contributed by atoms with van der Waals surface area (Å²) in [6.07, 6.45) is 14.1. The molecule has 1 aliphatic carbocycles. The first-order chi connectivity index (χ1) is 14.8. The van der Waals surface area contributed by atoms with E-state index in [1.165, 1.54) is 57.8 Å². The Kier molecular flexibility index (Phi) is 9.81. The van der Waals surface area contributed by atoms with E-state index < -0.39 is 0 Å². The van der Waals surface area contributed by atoms with E-state index in [0.717, 1.165) is 55.9 Å². The van der Waals surface area contributed by atoms with Crippen LogP contribution in [0.15, 0.2) is 29.3 Å². The Hall–Kier alpha value is -1.75. The largest absolute Gasteiger partial charge is 0.494 e. The number of hydrogen-bond acceptors (Lipinski definition) is 3. The van der Waals surface area contributed by atoms with Gasteiger partial charge in [-0.1, -0.05) is 39.0 Å². The van der Waals surface area contributed by atoms with E-state index in [-0.39, 0.29) is 0 Å². The quantitative estimate of drug-likeness (QED) is 0.330. The molecule has 3 rings (SSSR count). The van der Waals surface area contributed by atoms with Gasteiger partial charge in [0.05, 0.1) is 12.3 Å². The molecule has 1 saturated carbocycles. The predicted octanol–water partition coefficient (Wildman–Crippen LogP) is 5.23. The maximum atomic E-state index is 6.01. The van der Waals surface area contributed by atoms with Crippen molar-refractivity contribution in [3.05, 3.63) is 24.3 Å². The first-order valence-electron chi connectivity index (χ1n) is 12.3. The van der Waals surface area contributed by atoms with Crippen molar-refractivity contribution in [2.75, 3.05) is 26.2 Å². The highest BCUT2D eigenvalue weighted by Crippen LogP contribution is 2.27. The monoisotopic (exact) mass is 414 g/mol. The van der Waals surface area contributed by atoms with Gasteiger partial charge < -0.3 is 20.7 Å². The number of benzene rings is 1. The van der Waals surface area contributed by atoms with Crippen LogP contribution in [0.4, 0.5) is 5.69 Å². The third kappa shape index (κ3) is 7.19. The molecule has 2 aliphatic rings. The summed E-state index contributed by atoms with van der Waals surface area (Å²) < 4.78 is 6.01. The van der Waals surface area contributed by atoms with E-state index in [2.05, 4.69) is 41.4 Å². The zero-order chi connectivity index (χ0) is 21.0. The molecule has 1 unspecified atom stereocenters. The van der Waals surface area contributed by atoms with Crippen LogP contribution in [-0.2, 0) is 0 Å². The van der Waals surface area contributed by atoms with Crippen LogP contribution >= 0.6 is 0 Å². The third-order valence-electron chi connectivity index (χ3n) is 6.63. The van der Waals surface area contributed by atoms with Crippen LogP contribution < -0.4 is 15.8 Å². The fourth-order valence-corrected chi connectivity index (χ4v) is 4.77. The average molecular weight is 415 g/mol. The molecule has 0 aromatic heterocycles. The zero-order valence-electron chi connectivity index (χ0n) is 19.0. The van der Waals surface area contributed by atoms with E-state index in [9.17, 15) is 0 Å². The Morgan fingerprint density at radius 2 is 1.87 bits per heavy atom. The smallest absolute Gasteiger partial charge is 0.199 e. The van der Waals surface area contributed by atoms with Crippen molar-refractivity contribution in [2.45, 2.75) is 83.6 Å². The first-order valence-corrected chi connectivity index (χ1v) is 12.3. The number of likely N-dealkylation sites (tertiary alicyclic amines) is 1. The standard InChI is InChI=1S/C25H42N4O/c1-2-23-11-6-7-19-29(23)25(27-18-8-17-26)28-22-12-14-24(15-13-22)30-20-16-21-9-4-3-5-10-21/h12-15,21,23H,2-11,16-20,26H2,1H3,(H,27,28). The van der Waals surface area contributed by atoms with Gasteiger partial charge in [0.25, 0.3) is 0 Å². The normalized spacial score (nSPS) is 20.9. The van der Waals surface area contributed by atoms with Gasteiger partial charge in [-0.2, -0.15) is 0 Å². The fourth-order valence-electron chi connectivity index (χ4n) is 4.77. The minimum Gasteiger partial charge on any atom is -0.494 e. The van der Waals surface area contributed by atoms with Crippen LogP contribution in [0.1, 0.15) is 77.6 Å². The Balaban J connectivity index is 1.58. The van der Waals surface area contributed by atoms with Crippen molar-refractivity contribution in [3.8, 4) is 5.75 Å². The van der Waals surface area contributed by atoms with Crippen LogP contribution in [0.5, 0.6) is 5.75 Å². The molecule has 1 aliphatic heterocycles. The summed E-state index contributed by atoms with van der Waals surface area (Å²) in [5.41, 5.74) is 6.67. The number of aliphatic imine (C=N–C) groups is 1. The number of ether oxygens (including phenoxy) is 1. The van der Waals surface area contributed by atoms with Crippen molar-refractivity contribution in [2.24, 2.45) is 16.6 Å². The molecule has 2 fully saturated rings. The first kappa shape index (κ1) is 22.9. The molecule has 168 valence electrons. The SMILES string of the molecule is CCC1CCCCN1/C(=N\c1ccc(OCCC2CCCCC2)cc1)NCCCN. The van der Waals surface area contributed by atoms with Crippen molar-refractivity contribution in [1.82, 2.24) is 10.2 Å². The summed E-state index contributed by atoms with van der Waals surface area (Å²) in [6.45, 7) is 5.75. The summed E-state index contributed by atoms with van der Waals surface area (Å²) >= 11 is 0. The Bertz CT molecular complexity index is 625. The summed E-state index contributed by atoms with van der Waals surface area (Å²) in [7, 11) is 0. The van der Waals surface area contributed by atoms with Gasteiger partial charge in [-0.15, -0.1) is 0 Å². The van der Waals surface area contributed by atoms with E-state index in [4.69, 9.17) is 15.5 Å². The van der Waals surface area contributed by atoms with Crippen LogP contribution in [0.2, 0.25) is 0 Å². The molecular formula is C25H42N4O. The van der Waals surface area contributed by atoms with E-state index in [0.29, 0.717) is 12.6 Å². The topological polar surface area (TPSA) is 62.9 Å². The van der Waals surface area contributed by atoms with E-state index in [1.54, 1.807) is 0 Å². The van der Waals surface area contributed by atoms with Gasteiger partial charge >= 0.3 is 0 Å². The van der Waals surface area contributed by atoms with Crippen molar-refractivity contribution >= 4 is 11.6 Å². The molecule has 0 radical (unpaired) electrons. The summed E-state index contributed by atoms with van der Waals surface area (Å²) in [5.74, 6) is 2.81. The highest BCUT2D eigenvalue weighted by atomic mass is 16.5. The summed E-state index contributed by atoms with van der Waals surface area (Å²) in [6, 6.07) is 8.84. The van der Waals surface area contributed by atoms with Gasteiger partial charge in [-0.3, -0.25) is 0 Å². The summed E-state index contributed by atoms with van der Waals surface area (Å²) in [4.78, 5) is 7.45. The highest BCUT2D eigenvalue weighted by molar-refractivity contribution is 5.83. The zero-order valence-corrected chi connectivity index (χ0v) is 19.0. The van der Waals surface area contributed by atoms with E-state index in [1.807, 2.05) is 0 Å². The van der Waals surface area contributed by atoms with Crippen LogP contribution in [0.25, 0.3) is 0 Å². The molecule has 1 aromatic rings. The molecule has 0 spiro atoms. The lowest BCUT2D eigenvalue weighted by atomic mass is 9.87. The lowest BCUT2D eigenvalue weighted by Crippen LogP contribution is -2.49. The minimum atomic E-state index is 0.574. The summed E-state index contributed by atoms with van der Waals surface area (Å²) in [5, 5.41) is 3.55. The molecular weight excluding hydrogens is 372 g/mol. The third-order valence-corrected chi connectivity index (χ3v) is 6.63. The maximum absolute atomic E-state index is 6.01. The van der Waals surface area contributed by atoms with Crippen molar-refractivity contribution in [1.29, 1.82) is 0 Å². The maximum Gasteiger partial charge on any atom is 0.199 e. The van der Waals surface area contributed by atoms with Gasteiger partial charge in [-0.25, -0.2) is 4.99 Å². The number of hydrogen-bond donors (Lipinski definition) is 2. The number of rotatable bonds is 9. The molecule has 3 N–H and O–H groups in total. The van der Waals surface area contributed by atoms with Gasteiger partial charge in [0.1, 0.15) is 5.75 Å². The Morgan fingerprint density at radius 1 is 1.10 bits per heavy atom. The molecule has 1 aromatic carbocycles. The molecule has 0 bridgehead atoms. The van der Waals surface area contributed by atoms with Gasteiger partial charge in [0.2, 0.25) is 0 Å². The second kappa shape index (κ2) is 12.8. The van der Waals surface area contributed by atoms with Crippen molar-refractivity contribution < 1.29 is 4.74 Å². The average Bonchev–Trinajstić information content (AvgIpc) is 2.80. The van der Waals surface area contributed by atoms with Gasteiger partial charge in [-0.05, 0) is 75.3 Å².